The minimum atomic E-state index is -0.883. The molecule has 1 saturated heterocycles. The van der Waals surface area contributed by atoms with Crippen LogP contribution in [0.3, 0.4) is 0 Å². The van der Waals surface area contributed by atoms with Crippen LogP contribution in [-0.2, 0) is 9.53 Å². The van der Waals surface area contributed by atoms with E-state index in [-0.39, 0.29) is 17.8 Å². The zero-order chi connectivity index (χ0) is 17.4. The average Bonchev–Trinajstić information content (AvgIpc) is 2.89. The molecule has 1 N–H and O–H groups in total. The summed E-state index contributed by atoms with van der Waals surface area (Å²) in [6.45, 7) is 3.98. The molecule has 1 unspecified atom stereocenters. The van der Waals surface area contributed by atoms with Crippen molar-refractivity contribution in [2.75, 3.05) is 25.1 Å². The molecule has 1 aliphatic heterocycles. The number of aryl methyl sites for hydroxylation is 1. The Morgan fingerprint density at radius 2 is 2.09 bits per heavy atom. The fraction of sp³-hybridized carbons (Fsp3) is 0.467. The van der Waals surface area contributed by atoms with Crippen molar-refractivity contribution in [3.05, 3.63) is 33.4 Å². The van der Waals surface area contributed by atoms with Crippen LogP contribution in [0.15, 0.2) is 12.1 Å². The number of rotatable bonds is 4. The van der Waals surface area contributed by atoms with Crippen LogP contribution in [0.25, 0.3) is 0 Å². The first-order valence-electron chi connectivity index (χ1n) is 7.05. The molecule has 0 amide bonds. The van der Waals surface area contributed by atoms with Crippen LogP contribution in [0.1, 0.15) is 29.3 Å². The Hall–Kier alpha value is -2.64. The number of benzene rings is 1. The van der Waals surface area contributed by atoms with Gasteiger partial charge in [-0.25, -0.2) is 4.79 Å². The van der Waals surface area contributed by atoms with Crippen LogP contribution in [-0.4, -0.2) is 42.2 Å². The number of anilines is 1. The van der Waals surface area contributed by atoms with E-state index in [1.807, 2.05) is 4.90 Å². The minimum Gasteiger partial charge on any atom is -0.481 e. The molecule has 1 aromatic carbocycles. The number of carbonyl (C=O) groups is 2. The molecule has 0 saturated carbocycles. The van der Waals surface area contributed by atoms with E-state index in [9.17, 15) is 24.8 Å². The van der Waals surface area contributed by atoms with E-state index in [0.29, 0.717) is 24.2 Å². The number of carbonyl (C=O) groups excluding carboxylic acids is 1. The number of methoxy groups -OCH3 is 1. The lowest BCUT2D eigenvalue weighted by atomic mass is 9.90. The van der Waals surface area contributed by atoms with E-state index in [4.69, 9.17) is 0 Å². The van der Waals surface area contributed by atoms with Gasteiger partial charge in [0, 0.05) is 24.3 Å². The highest BCUT2D eigenvalue weighted by Gasteiger charge is 2.41. The summed E-state index contributed by atoms with van der Waals surface area (Å²) in [4.78, 5) is 35.6. The standard InChI is InChI=1S/C15H18N2O6/c1-9-6-10(16-5-4-15(2,8-16)14(19)20)7-11(13(18)23-3)12(9)17(21)22/h6-7H,4-5,8H2,1-3H3,(H,19,20). The van der Waals surface area contributed by atoms with Gasteiger partial charge in [-0.15, -0.1) is 0 Å². The predicted octanol–water partition coefficient (Wildman–Crippen LogP) is 1.99. The molecule has 0 aromatic heterocycles. The number of hydrogen-bond donors (Lipinski definition) is 1. The smallest absolute Gasteiger partial charge is 0.344 e. The monoisotopic (exact) mass is 322 g/mol. The number of nitro benzene ring substituents is 1. The van der Waals surface area contributed by atoms with Crippen molar-refractivity contribution in [2.45, 2.75) is 20.3 Å². The first-order valence-corrected chi connectivity index (χ1v) is 7.05. The van der Waals surface area contributed by atoms with Crippen molar-refractivity contribution in [2.24, 2.45) is 5.41 Å². The second kappa shape index (κ2) is 5.86. The van der Waals surface area contributed by atoms with Gasteiger partial charge in [-0.3, -0.25) is 14.9 Å². The maximum absolute atomic E-state index is 11.9. The largest absolute Gasteiger partial charge is 0.481 e. The molecular weight excluding hydrogens is 304 g/mol. The van der Waals surface area contributed by atoms with E-state index in [1.165, 1.54) is 6.07 Å². The van der Waals surface area contributed by atoms with Crippen molar-refractivity contribution in [3.63, 3.8) is 0 Å². The summed E-state index contributed by atoms with van der Waals surface area (Å²) in [5.74, 6) is -1.67. The second-order valence-electron chi connectivity index (χ2n) is 5.94. The highest BCUT2D eigenvalue weighted by molar-refractivity contribution is 5.96. The van der Waals surface area contributed by atoms with Gasteiger partial charge in [-0.05, 0) is 32.4 Å². The molecule has 1 fully saturated rings. The van der Waals surface area contributed by atoms with E-state index in [2.05, 4.69) is 4.74 Å². The summed E-state index contributed by atoms with van der Waals surface area (Å²) < 4.78 is 4.62. The van der Waals surface area contributed by atoms with Gasteiger partial charge in [0.15, 0.2) is 0 Å². The predicted molar refractivity (Wildman–Crippen MR) is 81.7 cm³/mol. The molecule has 0 bridgehead atoms. The quantitative estimate of drug-likeness (QED) is 0.512. The molecule has 0 spiro atoms. The number of aliphatic carboxylic acids is 1. The summed E-state index contributed by atoms with van der Waals surface area (Å²) in [6.07, 6.45) is 0.464. The molecule has 0 aliphatic carbocycles. The lowest BCUT2D eigenvalue weighted by molar-refractivity contribution is -0.385. The molecular formula is C15H18N2O6. The number of nitrogens with zero attached hydrogens (tertiary/aromatic N) is 2. The Morgan fingerprint density at radius 3 is 2.57 bits per heavy atom. The Labute approximate surface area is 132 Å². The summed E-state index contributed by atoms with van der Waals surface area (Å²) >= 11 is 0. The van der Waals surface area contributed by atoms with Crippen molar-refractivity contribution in [1.29, 1.82) is 0 Å². The SMILES string of the molecule is COC(=O)c1cc(N2CCC(C)(C(=O)O)C2)cc(C)c1[N+](=O)[O-]. The summed E-state index contributed by atoms with van der Waals surface area (Å²) in [5.41, 5.74) is -0.381. The Kier molecular flexibility index (Phi) is 4.26. The highest BCUT2D eigenvalue weighted by Crippen LogP contribution is 2.36. The molecule has 8 nitrogen and oxygen atoms in total. The lowest BCUT2D eigenvalue weighted by Crippen LogP contribution is -2.31. The van der Waals surface area contributed by atoms with Crippen LogP contribution in [0, 0.1) is 22.5 Å². The highest BCUT2D eigenvalue weighted by atomic mass is 16.6. The molecule has 2 rings (SSSR count). The van der Waals surface area contributed by atoms with E-state index < -0.39 is 22.3 Å². The van der Waals surface area contributed by atoms with Crippen LogP contribution >= 0.6 is 0 Å². The lowest BCUT2D eigenvalue weighted by Gasteiger charge is -2.22. The van der Waals surface area contributed by atoms with Gasteiger partial charge in [0.1, 0.15) is 5.56 Å². The third-order valence-corrected chi connectivity index (χ3v) is 4.23. The van der Waals surface area contributed by atoms with Gasteiger partial charge in [-0.2, -0.15) is 0 Å². The zero-order valence-electron chi connectivity index (χ0n) is 13.2. The Balaban J connectivity index is 2.46. The van der Waals surface area contributed by atoms with Crippen LogP contribution in [0.2, 0.25) is 0 Å². The summed E-state index contributed by atoms with van der Waals surface area (Å²) in [6, 6.07) is 2.99. The van der Waals surface area contributed by atoms with Crippen LogP contribution < -0.4 is 4.90 Å². The van der Waals surface area contributed by atoms with Gasteiger partial charge < -0.3 is 14.7 Å². The molecule has 1 heterocycles. The number of nitro groups is 1. The number of ether oxygens (including phenoxy) is 1. The van der Waals surface area contributed by atoms with Crippen molar-refractivity contribution < 1.29 is 24.4 Å². The number of hydrogen-bond acceptors (Lipinski definition) is 6. The second-order valence-corrected chi connectivity index (χ2v) is 5.94. The number of carboxylic acids is 1. The average molecular weight is 322 g/mol. The van der Waals surface area contributed by atoms with Gasteiger partial charge in [0.2, 0.25) is 0 Å². The zero-order valence-corrected chi connectivity index (χ0v) is 13.2. The van der Waals surface area contributed by atoms with Gasteiger partial charge in [0.25, 0.3) is 5.69 Å². The fourth-order valence-electron chi connectivity index (χ4n) is 2.81. The van der Waals surface area contributed by atoms with Crippen LogP contribution in [0.5, 0.6) is 0 Å². The van der Waals surface area contributed by atoms with E-state index >= 15 is 0 Å². The molecule has 124 valence electrons. The third-order valence-electron chi connectivity index (χ3n) is 4.23. The van der Waals surface area contributed by atoms with Gasteiger partial charge in [0.05, 0.1) is 17.4 Å². The number of carboxylic acid groups (broad SMARTS) is 1. The summed E-state index contributed by atoms with van der Waals surface area (Å²) in [7, 11) is 1.16. The van der Waals surface area contributed by atoms with Crippen molar-refractivity contribution >= 4 is 23.3 Å². The van der Waals surface area contributed by atoms with E-state index in [0.717, 1.165) is 7.11 Å². The van der Waals surface area contributed by atoms with Crippen LogP contribution in [0.4, 0.5) is 11.4 Å². The summed E-state index contributed by atoms with van der Waals surface area (Å²) in [5, 5.41) is 20.5. The fourth-order valence-corrected chi connectivity index (χ4v) is 2.81. The molecule has 0 radical (unpaired) electrons. The maximum Gasteiger partial charge on any atom is 0.344 e. The Morgan fingerprint density at radius 1 is 1.43 bits per heavy atom. The van der Waals surface area contributed by atoms with Gasteiger partial charge >= 0.3 is 11.9 Å². The number of esters is 1. The van der Waals surface area contributed by atoms with Gasteiger partial charge in [-0.1, -0.05) is 0 Å². The molecule has 1 atom stereocenters. The molecule has 8 heteroatoms. The molecule has 23 heavy (non-hydrogen) atoms. The topological polar surface area (TPSA) is 110 Å². The van der Waals surface area contributed by atoms with E-state index in [1.54, 1.807) is 19.9 Å². The minimum absolute atomic E-state index is 0.128. The third kappa shape index (κ3) is 2.96. The molecule has 1 aromatic rings. The first-order chi connectivity index (χ1) is 10.7. The maximum atomic E-state index is 11.9. The molecule has 1 aliphatic rings. The normalized spacial score (nSPS) is 20.4. The Bertz CT molecular complexity index is 687. The first kappa shape index (κ1) is 16.7. The van der Waals surface area contributed by atoms with Crippen molar-refractivity contribution in [1.82, 2.24) is 0 Å². The van der Waals surface area contributed by atoms with Crippen molar-refractivity contribution in [3.8, 4) is 0 Å².